The molecule has 0 fully saturated rings. The fraction of sp³-hybridized carbons (Fsp3) is 0.476. The first-order valence-corrected chi connectivity index (χ1v) is 10.6. The van der Waals surface area contributed by atoms with Crippen LogP contribution >= 0.6 is 11.3 Å². The smallest absolute Gasteiger partial charge is 0.425 e. The fourth-order valence-electron chi connectivity index (χ4n) is 2.36. The Hall–Kier alpha value is -3.21. The summed E-state index contributed by atoms with van der Waals surface area (Å²) in [7, 11) is 1.31. The van der Waals surface area contributed by atoms with Gasteiger partial charge in [-0.1, -0.05) is 0 Å². The Kier molecular flexibility index (Phi) is 7.45. The van der Waals surface area contributed by atoms with E-state index in [2.05, 4.69) is 15.5 Å². The summed E-state index contributed by atoms with van der Waals surface area (Å²) in [6.45, 7) is 11.8. The van der Waals surface area contributed by atoms with Crippen molar-refractivity contribution in [1.82, 2.24) is 10.2 Å². The van der Waals surface area contributed by atoms with Crippen LogP contribution in [0.5, 0.6) is 0 Å². The highest BCUT2D eigenvalue weighted by Gasteiger charge is 2.35. The van der Waals surface area contributed by atoms with Gasteiger partial charge in [-0.3, -0.25) is 0 Å². The lowest BCUT2D eigenvalue weighted by atomic mass is 10.2. The summed E-state index contributed by atoms with van der Waals surface area (Å²) in [5.41, 5.74) is -1.20. The van der Waals surface area contributed by atoms with Gasteiger partial charge in [0.25, 0.3) is 0 Å². The first-order valence-electron chi connectivity index (χ1n) is 9.76. The Balaban J connectivity index is 2.33. The Labute approximate surface area is 190 Å². The molecule has 0 saturated heterocycles. The van der Waals surface area contributed by atoms with Crippen LogP contribution in [0.4, 0.5) is 26.2 Å². The first kappa shape index (κ1) is 25.1. The molecule has 0 bridgehead atoms. The number of nitrogens with one attached hydrogen (secondary N) is 1. The molecule has 2 aromatic heterocycles. The molecule has 2 aromatic rings. The van der Waals surface area contributed by atoms with Crippen molar-refractivity contribution >= 4 is 46.1 Å². The van der Waals surface area contributed by atoms with Gasteiger partial charge in [-0.15, -0.1) is 21.5 Å². The molecule has 0 aliphatic heterocycles. The zero-order chi connectivity index (χ0) is 24.3. The zero-order valence-electron chi connectivity index (χ0n) is 19.4. The molecule has 0 unspecified atom stereocenters. The van der Waals surface area contributed by atoms with Gasteiger partial charge in [-0.05, 0) is 72.2 Å². The van der Waals surface area contributed by atoms with Crippen molar-refractivity contribution in [3.8, 4) is 0 Å². The fourth-order valence-corrected chi connectivity index (χ4v) is 3.20. The number of aryl methyl sites for hydroxylation is 1. The molecule has 0 aliphatic rings. The van der Waals surface area contributed by atoms with Gasteiger partial charge >= 0.3 is 18.2 Å². The molecule has 1 N–H and O–H groups in total. The second kappa shape index (κ2) is 9.51. The summed E-state index contributed by atoms with van der Waals surface area (Å²) in [5, 5.41) is 11.8. The van der Waals surface area contributed by atoms with Crippen LogP contribution in [0.2, 0.25) is 0 Å². The van der Waals surface area contributed by atoms with E-state index in [1.807, 2.05) is 0 Å². The lowest BCUT2D eigenvalue weighted by molar-refractivity contribution is 0.0427. The standard InChI is InChI=1S/C21H28N4O6S/c1-12-11-14(22-15-10-9-13(32-15)17(26)29-8)23-24-16(12)25(18(27)30-20(2,3)4)19(28)31-21(5,6)7/h9-11H,1-8H3,(H,22,23). The molecule has 0 spiro atoms. The van der Waals surface area contributed by atoms with Gasteiger partial charge in [0.05, 0.1) is 12.1 Å². The number of hydrogen-bond acceptors (Lipinski definition) is 10. The largest absolute Gasteiger partial charge is 0.465 e. The van der Waals surface area contributed by atoms with Gasteiger partial charge in [-0.25, -0.2) is 14.4 Å². The van der Waals surface area contributed by atoms with Crippen molar-refractivity contribution in [2.24, 2.45) is 0 Å². The highest BCUT2D eigenvalue weighted by molar-refractivity contribution is 7.17. The van der Waals surface area contributed by atoms with Crippen molar-refractivity contribution in [3.05, 3.63) is 28.6 Å². The van der Waals surface area contributed by atoms with E-state index in [-0.39, 0.29) is 5.82 Å². The van der Waals surface area contributed by atoms with Gasteiger partial charge in [0.2, 0.25) is 0 Å². The van der Waals surface area contributed by atoms with Gasteiger partial charge in [0, 0.05) is 0 Å². The number of aromatic nitrogens is 2. The summed E-state index contributed by atoms with van der Waals surface area (Å²) >= 11 is 1.19. The molecule has 0 atom stereocenters. The monoisotopic (exact) mass is 464 g/mol. The number of ether oxygens (including phenoxy) is 3. The quantitative estimate of drug-likeness (QED) is 0.489. The van der Waals surface area contributed by atoms with Crippen LogP contribution in [0.15, 0.2) is 18.2 Å². The second-order valence-corrected chi connectivity index (χ2v) is 9.90. The van der Waals surface area contributed by atoms with E-state index in [0.717, 1.165) is 4.90 Å². The normalized spacial score (nSPS) is 11.5. The SMILES string of the molecule is COC(=O)c1ccc(Nc2cc(C)c(N(C(=O)OC(C)(C)C)C(=O)OC(C)(C)C)nn2)s1. The number of hydrogen-bond donors (Lipinski definition) is 1. The number of carbonyl (C=O) groups is 3. The van der Waals surface area contributed by atoms with Gasteiger partial charge in [0.1, 0.15) is 16.1 Å². The maximum Gasteiger partial charge on any atom is 0.425 e. The molecule has 0 saturated carbocycles. The third-order valence-electron chi connectivity index (χ3n) is 3.57. The number of imide groups is 1. The third-order valence-corrected chi connectivity index (χ3v) is 4.55. The predicted molar refractivity (Wildman–Crippen MR) is 121 cm³/mol. The molecule has 0 aliphatic carbocycles. The number of esters is 1. The number of thiophene rings is 1. The molecule has 10 nitrogen and oxygen atoms in total. The highest BCUT2D eigenvalue weighted by Crippen LogP contribution is 2.28. The average molecular weight is 465 g/mol. The van der Waals surface area contributed by atoms with Crippen LogP contribution in [-0.2, 0) is 14.2 Å². The predicted octanol–water partition coefficient (Wildman–Crippen LogP) is 5.05. The van der Waals surface area contributed by atoms with E-state index in [4.69, 9.17) is 14.2 Å². The number of nitrogens with zero attached hydrogens (tertiary/aromatic N) is 3. The Bertz CT molecular complexity index is 978. The van der Waals surface area contributed by atoms with Crippen molar-refractivity contribution < 1.29 is 28.6 Å². The maximum atomic E-state index is 12.8. The Morgan fingerprint density at radius 1 is 0.969 bits per heavy atom. The van der Waals surface area contributed by atoms with Gasteiger partial charge in [-0.2, -0.15) is 4.90 Å². The van der Waals surface area contributed by atoms with E-state index >= 15 is 0 Å². The Morgan fingerprint density at radius 2 is 1.53 bits per heavy atom. The molecule has 2 heterocycles. The lowest BCUT2D eigenvalue weighted by Gasteiger charge is -2.28. The molecule has 0 aromatic carbocycles. The molecule has 32 heavy (non-hydrogen) atoms. The van der Waals surface area contributed by atoms with Crippen LogP contribution in [-0.4, -0.2) is 46.7 Å². The third kappa shape index (κ3) is 6.91. The summed E-state index contributed by atoms with van der Waals surface area (Å²) in [6, 6.07) is 4.94. The molecule has 2 amide bonds. The van der Waals surface area contributed by atoms with Crippen molar-refractivity contribution in [2.75, 3.05) is 17.3 Å². The minimum atomic E-state index is -0.925. The molecule has 174 valence electrons. The maximum absolute atomic E-state index is 12.8. The van der Waals surface area contributed by atoms with E-state index in [1.54, 1.807) is 66.7 Å². The minimum Gasteiger partial charge on any atom is -0.465 e. The number of methoxy groups -OCH3 is 1. The number of anilines is 3. The van der Waals surface area contributed by atoms with Crippen molar-refractivity contribution in [3.63, 3.8) is 0 Å². The van der Waals surface area contributed by atoms with E-state index in [1.165, 1.54) is 18.4 Å². The average Bonchev–Trinajstić information content (AvgIpc) is 3.08. The van der Waals surface area contributed by atoms with Crippen LogP contribution in [0.1, 0.15) is 56.8 Å². The van der Waals surface area contributed by atoms with Gasteiger partial charge in [0.15, 0.2) is 11.6 Å². The first-order chi connectivity index (χ1) is 14.7. The Morgan fingerprint density at radius 3 is 2.00 bits per heavy atom. The lowest BCUT2D eigenvalue weighted by Crippen LogP contribution is -2.44. The van der Waals surface area contributed by atoms with Crippen LogP contribution in [0.3, 0.4) is 0 Å². The molecule has 11 heteroatoms. The van der Waals surface area contributed by atoms with Crippen LogP contribution in [0.25, 0.3) is 0 Å². The van der Waals surface area contributed by atoms with E-state index in [0.29, 0.717) is 21.3 Å². The number of carbonyl (C=O) groups excluding carboxylic acids is 3. The molecular weight excluding hydrogens is 436 g/mol. The van der Waals surface area contributed by atoms with Crippen molar-refractivity contribution in [1.29, 1.82) is 0 Å². The summed E-state index contributed by atoms with van der Waals surface area (Å²) in [4.78, 5) is 38.3. The summed E-state index contributed by atoms with van der Waals surface area (Å²) in [5.74, 6) is -0.0932. The second-order valence-electron chi connectivity index (χ2n) is 8.81. The summed E-state index contributed by atoms with van der Waals surface area (Å²) < 4.78 is 15.4. The highest BCUT2D eigenvalue weighted by atomic mass is 32.1. The number of rotatable bonds is 4. The molecular formula is C21H28N4O6S. The topological polar surface area (TPSA) is 120 Å². The van der Waals surface area contributed by atoms with Crippen LogP contribution < -0.4 is 10.2 Å². The van der Waals surface area contributed by atoms with E-state index in [9.17, 15) is 14.4 Å². The van der Waals surface area contributed by atoms with Crippen molar-refractivity contribution in [2.45, 2.75) is 59.7 Å². The number of amides is 2. The minimum absolute atomic E-state index is 0.0134. The molecule has 2 rings (SSSR count). The summed E-state index contributed by atoms with van der Waals surface area (Å²) in [6.07, 6.45) is -1.85. The van der Waals surface area contributed by atoms with Crippen LogP contribution in [0, 0.1) is 6.92 Å². The molecule has 0 radical (unpaired) electrons. The zero-order valence-corrected chi connectivity index (χ0v) is 20.2. The van der Waals surface area contributed by atoms with Gasteiger partial charge < -0.3 is 19.5 Å². The van der Waals surface area contributed by atoms with E-state index < -0.39 is 29.4 Å².